The van der Waals surface area contributed by atoms with Crippen LogP contribution in [0.3, 0.4) is 0 Å². The van der Waals surface area contributed by atoms with Gasteiger partial charge in [0.05, 0.1) is 25.4 Å². The zero-order valence-electron chi connectivity index (χ0n) is 22.4. The van der Waals surface area contributed by atoms with Crippen LogP contribution in [0.5, 0.6) is 17.5 Å². The Balaban J connectivity index is 1.27. The van der Waals surface area contributed by atoms with Crippen molar-refractivity contribution in [2.45, 2.75) is 65.3 Å². The van der Waals surface area contributed by atoms with Crippen molar-refractivity contribution in [3.05, 3.63) is 41.7 Å². The predicted molar refractivity (Wildman–Crippen MR) is 141 cm³/mol. The fraction of sp³-hybridized carbons (Fsp3) is 0.593. The maximum atomic E-state index is 11.7. The van der Waals surface area contributed by atoms with E-state index in [-0.39, 0.29) is 17.4 Å². The topological polar surface area (TPSA) is 120 Å². The van der Waals surface area contributed by atoms with Crippen LogP contribution in [0.2, 0.25) is 0 Å². The molecule has 208 valence electrons. The highest BCUT2D eigenvalue weighted by Gasteiger charge is 2.38. The van der Waals surface area contributed by atoms with Crippen LogP contribution in [-0.2, 0) is 19.7 Å². The summed E-state index contributed by atoms with van der Waals surface area (Å²) >= 11 is -1.66. The van der Waals surface area contributed by atoms with Gasteiger partial charge in [0.15, 0.2) is 0 Å². The molecule has 1 amide bonds. The molecule has 11 heteroatoms. The van der Waals surface area contributed by atoms with Gasteiger partial charge in [-0.3, -0.25) is 8.37 Å². The lowest BCUT2D eigenvalue weighted by atomic mass is 9.76. The van der Waals surface area contributed by atoms with E-state index in [9.17, 15) is 14.1 Å². The minimum absolute atomic E-state index is 0.0200. The Morgan fingerprint density at radius 1 is 1.16 bits per heavy atom. The van der Waals surface area contributed by atoms with Crippen molar-refractivity contribution in [2.24, 2.45) is 11.3 Å². The SMILES string of the molecule is Cc1c(OCCC[C@@H]2CCN(C(=O)O)[C@@H](C(C)(C)C)C2)ncnc1Oc1ccc(C2COS(=O)OC2)cc1. The fourth-order valence-electron chi connectivity index (χ4n) is 5.03. The molecule has 2 aliphatic rings. The van der Waals surface area contributed by atoms with Crippen molar-refractivity contribution < 1.29 is 31.9 Å². The van der Waals surface area contributed by atoms with Gasteiger partial charge >= 0.3 is 17.5 Å². The van der Waals surface area contributed by atoms with Crippen LogP contribution in [-0.4, -0.2) is 62.7 Å². The van der Waals surface area contributed by atoms with Gasteiger partial charge in [-0.1, -0.05) is 32.9 Å². The third-order valence-electron chi connectivity index (χ3n) is 7.24. The molecular formula is C27H37N3O7S. The Bertz CT molecular complexity index is 1110. The Morgan fingerprint density at radius 2 is 1.84 bits per heavy atom. The molecule has 2 aliphatic heterocycles. The molecular weight excluding hydrogens is 510 g/mol. The van der Waals surface area contributed by atoms with Crippen molar-refractivity contribution in [3.63, 3.8) is 0 Å². The van der Waals surface area contributed by atoms with Gasteiger partial charge in [0.2, 0.25) is 11.8 Å². The number of hydrogen-bond acceptors (Lipinski definition) is 8. The number of amides is 1. The molecule has 1 aromatic heterocycles. The van der Waals surface area contributed by atoms with Crippen molar-refractivity contribution in [1.82, 2.24) is 14.9 Å². The highest BCUT2D eigenvalue weighted by Crippen LogP contribution is 2.36. The van der Waals surface area contributed by atoms with Crippen molar-refractivity contribution in [3.8, 4) is 17.5 Å². The number of hydrogen-bond donors (Lipinski definition) is 1. The average molecular weight is 548 g/mol. The molecule has 0 saturated carbocycles. The van der Waals surface area contributed by atoms with E-state index in [4.69, 9.17) is 17.8 Å². The molecule has 3 heterocycles. The molecule has 38 heavy (non-hydrogen) atoms. The minimum atomic E-state index is -1.66. The van der Waals surface area contributed by atoms with Gasteiger partial charge in [0.25, 0.3) is 0 Å². The summed E-state index contributed by atoms with van der Waals surface area (Å²) in [6, 6.07) is 7.58. The summed E-state index contributed by atoms with van der Waals surface area (Å²) in [6.45, 7) is 9.97. The van der Waals surface area contributed by atoms with Gasteiger partial charge in [0.1, 0.15) is 12.1 Å². The summed E-state index contributed by atoms with van der Waals surface area (Å²) < 4.78 is 33.3. The number of rotatable bonds is 8. The quantitative estimate of drug-likeness (QED) is 0.442. The lowest BCUT2D eigenvalue weighted by Gasteiger charge is -2.44. The number of nitrogens with zero attached hydrogens (tertiary/aromatic N) is 3. The van der Waals surface area contributed by atoms with Crippen LogP contribution < -0.4 is 9.47 Å². The Labute approximate surface area is 226 Å². The van der Waals surface area contributed by atoms with Gasteiger partial charge in [-0.2, -0.15) is 4.21 Å². The van der Waals surface area contributed by atoms with Crippen LogP contribution in [0.4, 0.5) is 4.79 Å². The fourth-order valence-corrected chi connectivity index (χ4v) is 5.65. The summed E-state index contributed by atoms with van der Waals surface area (Å²) in [5.41, 5.74) is 1.64. The Kier molecular flexibility index (Phi) is 9.22. The first kappa shape index (κ1) is 28.3. The first-order valence-electron chi connectivity index (χ1n) is 13.0. The average Bonchev–Trinajstić information content (AvgIpc) is 2.89. The molecule has 10 nitrogen and oxygen atoms in total. The molecule has 2 aromatic rings. The first-order valence-corrected chi connectivity index (χ1v) is 14.0. The van der Waals surface area contributed by atoms with E-state index in [1.54, 1.807) is 4.90 Å². The van der Waals surface area contributed by atoms with Crippen molar-refractivity contribution in [1.29, 1.82) is 0 Å². The number of likely N-dealkylation sites (tertiary alicyclic amines) is 1. The Morgan fingerprint density at radius 3 is 2.50 bits per heavy atom. The highest BCUT2D eigenvalue weighted by atomic mass is 32.2. The summed E-state index contributed by atoms with van der Waals surface area (Å²) in [4.78, 5) is 21.8. The zero-order chi connectivity index (χ0) is 27.3. The van der Waals surface area contributed by atoms with Crippen LogP contribution in [0.15, 0.2) is 30.6 Å². The molecule has 2 fully saturated rings. The minimum Gasteiger partial charge on any atom is -0.477 e. The number of aromatic nitrogens is 2. The number of benzene rings is 1. The molecule has 0 unspecified atom stereocenters. The largest absolute Gasteiger partial charge is 0.477 e. The second kappa shape index (κ2) is 12.4. The van der Waals surface area contributed by atoms with E-state index in [1.165, 1.54) is 6.33 Å². The van der Waals surface area contributed by atoms with Gasteiger partial charge in [-0.25, -0.2) is 14.8 Å². The molecule has 2 atom stereocenters. The second-order valence-electron chi connectivity index (χ2n) is 11.0. The number of ether oxygens (including phenoxy) is 2. The molecule has 0 radical (unpaired) electrons. The monoisotopic (exact) mass is 547 g/mol. The third-order valence-corrected chi connectivity index (χ3v) is 7.90. The standard InChI is InChI=1S/C27H37N3O7S/c1-18-24(34-13-5-6-19-11-12-30(26(31)32)23(14-19)27(2,3)4)28-17-29-25(18)37-22-9-7-20(8-10-22)21-15-35-38(33)36-16-21/h7-10,17,19,21,23H,5-6,11-16H2,1-4H3,(H,31,32)/t19-,21?,23-,38?/m1/s1. The summed E-state index contributed by atoms with van der Waals surface area (Å²) in [5, 5.41) is 9.58. The van der Waals surface area contributed by atoms with E-state index in [2.05, 4.69) is 30.7 Å². The zero-order valence-corrected chi connectivity index (χ0v) is 23.2. The van der Waals surface area contributed by atoms with Crippen LogP contribution in [0, 0.1) is 18.3 Å². The molecule has 0 bridgehead atoms. The molecule has 1 N–H and O–H groups in total. The van der Waals surface area contributed by atoms with E-state index in [0.29, 0.717) is 49.8 Å². The molecule has 2 saturated heterocycles. The number of piperidine rings is 1. The number of carboxylic acid groups (broad SMARTS) is 1. The maximum absolute atomic E-state index is 11.7. The molecule has 0 aliphatic carbocycles. The lowest BCUT2D eigenvalue weighted by Crippen LogP contribution is -2.51. The Hall–Kier alpha value is -2.76. The number of carbonyl (C=O) groups is 1. The van der Waals surface area contributed by atoms with E-state index in [1.807, 2.05) is 31.2 Å². The van der Waals surface area contributed by atoms with E-state index >= 15 is 0 Å². The summed E-state index contributed by atoms with van der Waals surface area (Å²) in [6.07, 6.45) is 4.19. The lowest BCUT2D eigenvalue weighted by molar-refractivity contribution is 0.0379. The summed E-state index contributed by atoms with van der Waals surface area (Å²) in [5.74, 6) is 2.04. The van der Waals surface area contributed by atoms with Gasteiger partial charge in [-0.15, -0.1) is 0 Å². The maximum Gasteiger partial charge on any atom is 0.407 e. The normalized spacial score (nSPS) is 24.2. The van der Waals surface area contributed by atoms with Crippen LogP contribution in [0.1, 0.15) is 63.5 Å². The van der Waals surface area contributed by atoms with Crippen molar-refractivity contribution in [2.75, 3.05) is 26.4 Å². The van der Waals surface area contributed by atoms with Gasteiger partial charge < -0.3 is 19.5 Å². The molecule has 0 spiro atoms. The van der Waals surface area contributed by atoms with E-state index < -0.39 is 17.5 Å². The molecule has 1 aromatic carbocycles. The predicted octanol–water partition coefficient (Wildman–Crippen LogP) is 5.25. The third kappa shape index (κ3) is 7.21. The van der Waals surface area contributed by atoms with Crippen LogP contribution >= 0.6 is 0 Å². The smallest absolute Gasteiger partial charge is 0.407 e. The van der Waals surface area contributed by atoms with Crippen LogP contribution in [0.25, 0.3) is 0 Å². The highest BCUT2D eigenvalue weighted by molar-refractivity contribution is 7.75. The van der Waals surface area contributed by atoms with Gasteiger partial charge in [0, 0.05) is 18.5 Å². The second-order valence-corrected chi connectivity index (χ2v) is 11.9. The first-order chi connectivity index (χ1) is 18.1. The van der Waals surface area contributed by atoms with Crippen molar-refractivity contribution >= 4 is 17.5 Å². The van der Waals surface area contributed by atoms with E-state index in [0.717, 1.165) is 36.8 Å². The van der Waals surface area contributed by atoms with Gasteiger partial charge in [-0.05, 0) is 61.6 Å². The molecule has 4 rings (SSSR count). The summed E-state index contributed by atoms with van der Waals surface area (Å²) in [7, 11) is 0.